The van der Waals surface area contributed by atoms with Crippen molar-refractivity contribution in [2.45, 2.75) is 43.2 Å². The number of pyridine rings is 1. The number of nitrogens with one attached hydrogen (secondary N) is 2. The Morgan fingerprint density at radius 1 is 1.03 bits per heavy atom. The molecule has 1 aliphatic rings. The van der Waals surface area contributed by atoms with Gasteiger partial charge in [0.2, 0.25) is 11.0 Å². The van der Waals surface area contributed by atoms with E-state index in [0.29, 0.717) is 35.2 Å². The number of rotatable bonds is 8. The van der Waals surface area contributed by atoms with Crippen LogP contribution in [0.25, 0.3) is 11.0 Å². The van der Waals surface area contributed by atoms with Gasteiger partial charge in [-0.3, -0.25) is 4.79 Å². The van der Waals surface area contributed by atoms with Crippen molar-refractivity contribution < 1.29 is 30.8 Å². The number of nitrogens with zero attached hydrogens (tertiary/aromatic N) is 2. The number of sulfonamides is 1. The summed E-state index contributed by atoms with van der Waals surface area (Å²) in [6, 6.07) is 15.8. The molecule has 1 aliphatic heterocycles. The molecule has 2 aromatic heterocycles. The minimum Gasteiger partial charge on any atom is -0.443 e. The first kappa shape index (κ1) is 26.7. The van der Waals surface area contributed by atoms with Crippen LogP contribution in [0.1, 0.15) is 29.5 Å². The summed E-state index contributed by atoms with van der Waals surface area (Å²) in [6.45, 7) is 0.619. The third kappa shape index (κ3) is 5.91. The summed E-state index contributed by atoms with van der Waals surface area (Å²) in [5, 5.41) is 6.33. The number of amides is 1. The zero-order chi connectivity index (χ0) is 27.6. The van der Waals surface area contributed by atoms with Gasteiger partial charge in [-0.05, 0) is 54.3 Å². The molecule has 1 saturated heterocycles. The number of benzene rings is 2. The first-order valence-electron chi connectivity index (χ1n) is 12.2. The predicted octanol–water partition coefficient (Wildman–Crippen LogP) is 4.93. The summed E-state index contributed by atoms with van der Waals surface area (Å²) in [7, 11) is -4.01. The summed E-state index contributed by atoms with van der Waals surface area (Å²) in [5.41, 5.74) is 1.11. The molecule has 0 saturated carbocycles. The van der Waals surface area contributed by atoms with Crippen molar-refractivity contribution in [1.82, 2.24) is 14.6 Å². The third-order valence-corrected chi connectivity index (χ3v) is 8.28. The number of carbonyl (C=O) groups is 1. The fourth-order valence-corrected chi connectivity index (χ4v) is 6.09. The van der Waals surface area contributed by atoms with Crippen molar-refractivity contribution in [3.63, 3.8) is 0 Å². The Hall–Kier alpha value is -3.90. The van der Waals surface area contributed by atoms with E-state index < -0.39 is 33.7 Å². The first-order valence-corrected chi connectivity index (χ1v) is 13.7. The van der Waals surface area contributed by atoms with E-state index in [9.17, 15) is 26.4 Å². The summed E-state index contributed by atoms with van der Waals surface area (Å²) < 4.78 is 71.5. The molecule has 0 unspecified atom stereocenters. The maximum absolute atomic E-state index is 13.3. The lowest BCUT2D eigenvalue weighted by Crippen LogP contribution is -2.45. The van der Waals surface area contributed by atoms with Gasteiger partial charge in [-0.2, -0.15) is 17.5 Å². The molecule has 0 aliphatic carbocycles. The smallest absolute Gasteiger partial charge is 0.416 e. The van der Waals surface area contributed by atoms with Gasteiger partial charge < -0.3 is 15.1 Å². The highest BCUT2D eigenvalue weighted by molar-refractivity contribution is 7.89. The number of hydrogen-bond donors (Lipinski definition) is 2. The minimum absolute atomic E-state index is 0.144. The van der Waals surface area contributed by atoms with Crippen LogP contribution in [0.5, 0.6) is 0 Å². The molecule has 3 heterocycles. The lowest BCUT2D eigenvalue weighted by atomic mass is 10.1. The second-order valence-corrected chi connectivity index (χ2v) is 11.0. The third-order valence-electron chi connectivity index (χ3n) is 6.52. The Morgan fingerprint density at radius 2 is 1.79 bits per heavy atom. The van der Waals surface area contributed by atoms with Crippen LogP contribution in [0, 0.1) is 0 Å². The number of aromatic nitrogens is 1. The molecular formula is C27H25F3N4O4S. The molecule has 0 radical (unpaired) electrons. The van der Waals surface area contributed by atoms with Gasteiger partial charge in [0.15, 0.2) is 0 Å². The average molecular weight is 559 g/mol. The van der Waals surface area contributed by atoms with E-state index in [2.05, 4.69) is 15.6 Å². The van der Waals surface area contributed by atoms with E-state index in [1.54, 1.807) is 42.6 Å². The highest BCUT2D eigenvalue weighted by Crippen LogP contribution is 2.31. The molecule has 204 valence electrons. The lowest BCUT2D eigenvalue weighted by molar-refractivity contribution is -0.137. The highest BCUT2D eigenvalue weighted by Gasteiger charge is 2.41. The van der Waals surface area contributed by atoms with E-state index >= 15 is 0 Å². The van der Waals surface area contributed by atoms with Crippen LogP contribution in [0.15, 0.2) is 82.4 Å². The molecule has 0 bridgehead atoms. The largest absolute Gasteiger partial charge is 0.443 e. The van der Waals surface area contributed by atoms with Gasteiger partial charge in [0.05, 0.1) is 5.56 Å². The maximum Gasteiger partial charge on any atom is 0.416 e. The van der Waals surface area contributed by atoms with Crippen molar-refractivity contribution in [3.05, 3.63) is 89.6 Å². The fourth-order valence-electron chi connectivity index (χ4n) is 4.48. The number of hydrogen-bond acceptors (Lipinski definition) is 6. The molecule has 12 heteroatoms. The van der Waals surface area contributed by atoms with Crippen molar-refractivity contribution in [3.8, 4) is 0 Å². The normalized spacial score (nSPS) is 16.4. The van der Waals surface area contributed by atoms with E-state index in [4.69, 9.17) is 4.42 Å². The molecule has 2 N–H and O–H groups in total. The van der Waals surface area contributed by atoms with Crippen molar-refractivity contribution in [2.75, 3.05) is 11.9 Å². The second kappa shape index (κ2) is 10.7. The summed E-state index contributed by atoms with van der Waals surface area (Å²) in [5.74, 6) is 0.0693. The molecule has 39 heavy (non-hydrogen) atoms. The standard InChI is InChI=1S/C27H25F3N4O4S/c28-27(29,30)21-9-7-18(8-10-21)16-32-24-14-19(11-12-31-24)17-33-26(35)22-5-3-13-34(22)39(36,37)25-15-20-4-1-2-6-23(20)38-25/h1-2,4,6-12,14-15,22H,3,5,13,16-17H2,(H,31,32)(H,33,35)/t22-/m0/s1. The van der Waals surface area contributed by atoms with Gasteiger partial charge in [0.1, 0.15) is 17.4 Å². The fraction of sp³-hybridized carbons (Fsp3) is 0.259. The highest BCUT2D eigenvalue weighted by atomic mass is 32.2. The van der Waals surface area contributed by atoms with Gasteiger partial charge in [-0.25, -0.2) is 13.4 Å². The predicted molar refractivity (Wildman–Crippen MR) is 138 cm³/mol. The van der Waals surface area contributed by atoms with Crippen LogP contribution in [0.3, 0.4) is 0 Å². The number of para-hydroxylation sites is 1. The Bertz CT molecular complexity index is 1550. The number of fused-ring (bicyclic) bond motifs is 1. The molecule has 1 fully saturated rings. The van der Waals surface area contributed by atoms with E-state index in [1.807, 2.05) is 0 Å². The van der Waals surface area contributed by atoms with E-state index in [0.717, 1.165) is 17.7 Å². The maximum atomic E-state index is 13.3. The quantitative estimate of drug-likeness (QED) is 0.318. The molecule has 0 spiro atoms. The zero-order valence-electron chi connectivity index (χ0n) is 20.6. The number of halogens is 3. The number of furan rings is 1. The van der Waals surface area contributed by atoms with Crippen LogP contribution in [-0.4, -0.2) is 36.2 Å². The topological polar surface area (TPSA) is 105 Å². The zero-order valence-corrected chi connectivity index (χ0v) is 21.4. The molecule has 4 aromatic rings. The van der Waals surface area contributed by atoms with E-state index in [1.165, 1.54) is 22.5 Å². The average Bonchev–Trinajstić information content (AvgIpc) is 3.59. The second-order valence-electron chi connectivity index (χ2n) is 9.19. The van der Waals surface area contributed by atoms with Crippen LogP contribution >= 0.6 is 0 Å². The van der Waals surface area contributed by atoms with Crippen molar-refractivity contribution in [2.24, 2.45) is 0 Å². The summed E-state index contributed by atoms with van der Waals surface area (Å²) >= 11 is 0. The molecule has 2 aromatic carbocycles. The van der Waals surface area contributed by atoms with Crippen LogP contribution in [0.4, 0.5) is 19.0 Å². The van der Waals surface area contributed by atoms with Crippen molar-refractivity contribution >= 4 is 32.7 Å². The molecule has 8 nitrogen and oxygen atoms in total. The van der Waals surface area contributed by atoms with Crippen molar-refractivity contribution in [1.29, 1.82) is 0 Å². The number of carbonyl (C=O) groups excluding carboxylic acids is 1. The minimum atomic E-state index is -4.39. The van der Waals surface area contributed by atoms with E-state index in [-0.39, 0.29) is 24.7 Å². The summed E-state index contributed by atoms with van der Waals surface area (Å²) in [6.07, 6.45) is -1.91. The van der Waals surface area contributed by atoms with Gasteiger partial charge >= 0.3 is 6.18 Å². The van der Waals surface area contributed by atoms with Crippen LogP contribution in [-0.2, 0) is 34.1 Å². The summed E-state index contributed by atoms with van der Waals surface area (Å²) in [4.78, 5) is 17.2. The van der Waals surface area contributed by atoms with Crippen LogP contribution in [0.2, 0.25) is 0 Å². The lowest BCUT2D eigenvalue weighted by Gasteiger charge is -2.22. The Kier molecular flexibility index (Phi) is 7.32. The molecule has 1 atom stereocenters. The molecular weight excluding hydrogens is 533 g/mol. The molecule has 5 rings (SSSR count). The first-order chi connectivity index (χ1) is 18.6. The monoisotopic (exact) mass is 558 g/mol. The molecule has 1 amide bonds. The van der Waals surface area contributed by atoms with Gasteiger partial charge in [-0.1, -0.05) is 30.3 Å². The Balaban J connectivity index is 1.20. The van der Waals surface area contributed by atoms with Gasteiger partial charge in [0, 0.05) is 37.3 Å². The Morgan fingerprint density at radius 3 is 2.54 bits per heavy atom. The number of anilines is 1. The van der Waals surface area contributed by atoms with Crippen LogP contribution < -0.4 is 10.6 Å². The Labute approximate surface area is 222 Å². The van der Waals surface area contributed by atoms with Gasteiger partial charge in [-0.15, -0.1) is 0 Å². The SMILES string of the molecule is O=C(NCc1ccnc(NCc2ccc(C(F)(F)F)cc2)c1)[C@@H]1CCCN1S(=O)(=O)c1cc2ccccc2o1. The number of alkyl halides is 3. The van der Waals surface area contributed by atoms with Gasteiger partial charge in [0.25, 0.3) is 10.0 Å².